The van der Waals surface area contributed by atoms with E-state index in [1.54, 1.807) is 52.1 Å². The maximum absolute atomic E-state index is 12.3. The van der Waals surface area contributed by atoms with E-state index < -0.39 is 17.7 Å². The molecule has 0 aliphatic rings. The smallest absolute Gasteiger partial charge is 0.414 e. The van der Waals surface area contributed by atoms with Gasteiger partial charge in [-0.3, -0.25) is 9.69 Å². The van der Waals surface area contributed by atoms with Crippen molar-refractivity contribution in [3.63, 3.8) is 0 Å². The molecule has 0 saturated carbocycles. The monoisotopic (exact) mass is 309 g/mol. The Morgan fingerprint density at radius 2 is 1.77 bits per heavy atom. The molecule has 0 fully saturated rings. The zero-order valence-corrected chi connectivity index (χ0v) is 13.5. The molecule has 0 aliphatic carbocycles. The third kappa shape index (κ3) is 6.03. The minimum atomic E-state index is -0.890. The van der Waals surface area contributed by atoms with Crippen LogP contribution in [0.25, 0.3) is 0 Å². The van der Waals surface area contributed by atoms with Crippen LogP contribution in [0.2, 0.25) is 0 Å². The fourth-order valence-corrected chi connectivity index (χ4v) is 1.79. The number of anilines is 1. The van der Waals surface area contributed by atoms with Gasteiger partial charge in [-0.05, 0) is 51.5 Å². The summed E-state index contributed by atoms with van der Waals surface area (Å²) in [6, 6.07) is 6.96. The first kappa shape index (κ1) is 17.8. The average Bonchev–Trinajstić information content (AvgIpc) is 2.41. The summed E-state index contributed by atoms with van der Waals surface area (Å²) in [5.41, 5.74) is 0.0228. The van der Waals surface area contributed by atoms with Gasteiger partial charge >= 0.3 is 12.1 Å². The number of carbonyl (C=O) groups excluding carboxylic acids is 1. The standard InChI is InChI=1S/C16H23NO5/c1-16(2,3)22-15(20)17(11-5-6-14(18)19)12-7-9-13(21-4)10-8-12/h7-10H,5-6,11H2,1-4H3,(H,18,19). The summed E-state index contributed by atoms with van der Waals surface area (Å²) < 4.78 is 10.5. The van der Waals surface area contributed by atoms with Gasteiger partial charge in [-0.15, -0.1) is 0 Å². The molecular weight excluding hydrogens is 286 g/mol. The van der Waals surface area contributed by atoms with Crippen LogP contribution >= 0.6 is 0 Å². The van der Waals surface area contributed by atoms with E-state index in [9.17, 15) is 9.59 Å². The highest BCUT2D eigenvalue weighted by atomic mass is 16.6. The fraction of sp³-hybridized carbons (Fsp3) is 0.500. The molecule has 1 N–H and O–H groups in total. The maximum atomic E-state index is 12.3. The van der Waals surface area contributed by atoms with Crippen molar-refractivity contribution in [2.45, 2.75) is 39.2 Å². The highest BCUT2D eigenvalue weighted by Crippen LogP contribution is 2.22. The van der Waals surface area contributed by atoms with E-state index in [4.69, 9.17) is 14.6 Å². The SMILES string of the molecule is COc1ccc(N(CCCC(=O)O)C(=O)OC(C)(C)C)cc1. The highest BCUT2D eigenvalue weighted by Gasteiger charge is 2.23. The molecule has 0 radical (unpaired) electrons. The molecule has 0 aliphatic heterocycles. The zero-order valence-electron chi connectivity index (χ0n) is 13.5. The first-order chi connectivity index (χ1) is 10.2. The van der Waals surface area contributed by atoms with Crippen molar-refractivity contribution in [1.29, 1.82) is 0 Å². The largest absolute Gasteiger partial charge is 0.497 e. The average molecular weight is 309 g/mol. The first-order valence-electron chi connectivity index (χ1n) is 7.09. The number of nitrogens with zero attached hydrogens (tertiary/aromatic N) is 1. The molecule has 0 bridgehead atoms. The highest BCUT2D eigenvalue weighted by molar-refractivity contribution is 5.88. The number of carboxylic acid groups (broad SMARTS) is 1. The summed E-state index contributed by atoms with van der Waals surface area (Å²) in [4.78, 5) is 24.4. The van der Waals surface area contributed by atoms with Crippen LogP contribution in [0, 0.1) is 0 Å². The van der Waals surface area contributed by atoms with Crippen LogP contribution in [-0.4, -0.2) is 36.4 Å². The van der Waals surface area contributed by atoms with Crippen LogP contribution in [0.1, 0.15) is 33.6 Å². The number of hydrogen-bond donors (Lipinski definition) is 1. The zero-order chi connectivity index (χ0) is 16.8. The van der Waals surface area contributed by atoms with Crippen molar-refractivity contribution >= 4 is 17.7 Å². The van der Waals surface area contributed by atoms with Crippen LogP contribution in [0.5, 0.6) is 5.75 Å². The molecule has 1 aromatic carbocycles. The molecule has 0 saturated heterocycles. The van der Waals surface area contributed by atoms with Gasteiger partial charge in [-0.1, -0.05) is 0 Å². The molecule has 1 rings (SSSR count). The van der Waals surface area contributed by atoms with Crippen molar-refractivity contribution < 1.29 is 24.2 Å². The third-order valence-corrected chi connectivity index (χ3v) is 2.77. The second-order valence-corrected chi connectivity index (χ2v) is 5.83. The number of rotatable bonds is 6. The van der Waals surface area contributed by atoms with Gasteiger partial charge in [-0.25, -0.2) is 4.79 Å². The molecule has 6 heteroatoms. The van der Waals surface area contributed by atoms with Crippen LogP contribution in [-0.2, 0) is 9.53 Å². The van der Waals surface area contributed by atoms with Crippen LogP contribution in [0.3, 0.4) is 0 Å². The topological polar surface area (TPSA) is 76.1 Å². The lowest BCUT2D eigenvalue weighted by Gasteiger charge is -2.27. The van der Waals surface area contributed by atoms with Crippen molar-refractivity contribution in [2.75, 3.05) is 18.6 Å². The Labute approximate surface area is 130 Å². The number of benzene rings is 1. The number of carboxylic acids is 1. The summed E-state index contributed by atoms with van der Waals surface area (Å²) in [7, 11) is 1.56. The van der Waals surface area contributed by atoms with Gasteiger partial charge in [0, 0.05) is 18.7 Å². The van der Waals surface area contributed by atoms with Gasteiger partial charge in [-0.2, -0.15) is 0 Å². The number of carbonyl (C=O) groups is 2. The molecular formula is C16H23NO5. The maximum Gasteiger partial charge on any atom is 0.414 e. The minimum absolute atomic E-state index is 0.00451. The van der Waals surface area contributed by atoms with Crippen molar-refractivity contribution in [3.05, 3.63) is 24.3 Å². The fourth-order valence-electron chi connectivity index (χ4n) is 1.79. The predicted octanol–water partition coefficient (Wildman–Crippen LogP) is 3.30. The molecule has 122 valence electrons. The van der Waals surface area contributed by atoms with Crippen molar-refractivity contribution in [2.24, 2.45) is 0 Å². The van der Waals surface area contributed by atoms with Gasteiger partial charge in [0.1, 0.15) is 11.4 Å². The Bertz CT molecular complexity index is 504. The van der Waals surface area contributed by atoms with Gasteiger partial charge in [0.05, 0.1) is 7.11 Å². The summed E-state index contributed by atoms with van der Waals surface area (Å²) in [6.07, 6.45) is -0.154. The van der Waals surface area contributed by atoms with E-state index in [-0.39, 0.29) is 13.0 Å². The molecule has 0 spiro atoms. The quantitative estimate of drug-likeness (QED) is 0.872. The first-order valence-corrected chi connectivity index (χ1v) is 7.09. The number of hydrogen-bond acceptors (Lipinski definition) is 4. The Morgan fingerprint density at radius 3 is 2.23 bits per heavy atom. The van der Waals surface area contributed by atoms with E-state index in [1.807, 2.05) is 0 Å². The van der Waals surface area contributed by atoms with Crippen molar-refractivity contribution in [1.82, 2.24) is 0 Å². The summed E-state index contributed by atoms with van der Waals surface area (Å²) >= 11 is 0. The van der Waals surface area contributed by atoms with E-state index in [1.165, 1.54) is 4.90 Å². The van der Waals surface area contributed by atoms with Crippen LogP contribution < -0.4 is 9.64 Å². The summed E-state index contributed by atoms with van der Waals surface area (Å²) in [5, 5.41) is 8.74. The number of ether oxygens (including phenoxy) is 2. The molecule has 22 heavy (non-hydrogen) atoms. The number of aliphatic carboxylic acids is 1. The lowest BCUT2D eigenvalue weighted by molar-refractivity contribution is -0.137. The third-order valence-electron chi connectivity index (χ3n) is 2.77. The van der Waals surface area contributed by atoms with Gasteiger partial charge < -0.3 is 14.6 Å². The van der Waals surface area contributed by atoms with Gasteiger partial charge in [0.25, 0.3) is 0 Å². The van der Waals surface area contributed by atoms with Crippen molar-refractivity contribution in [3.8, 4) is 5.75 Å². The molecule has 0 heterocycles. The second kappa shape index (κ2) is 7.68. The van der Waals surface area contributed by atoms with E-state index in [0.717, 1.165) is 0 Å². The molecule has 6 nitrogen and oxygen atoms in total. The van der Waals surface area contributed by atoms with Crippen LogP contribution in [0.15, 0.2) is 24.3 Å². The second-order valence-electron chi connectivity index (χ2n) is 5.83. The van der Waals surface area contributed by atoms with E-state index in [2.05, 4.69) is 0 Å². The molecule has 0 aromatic heterocycles. The molecule has 0 atom stereocenters. The lowest BCUT2D eigenvalue weighted by atomic mass is 10.2. The Balaban J connectivity index is 2.88. The molecule has 1 aromatic rings. The van der Waals surface area contributed by atoms with E-state index in [0.29, 0.717) is 17.9 Å². The number of amides is 1. The minimum Gasteiger partial charge on any atom is -0.497 e. The Kier molecular flexibility index (Phi) is 6.22. The number of methoxy groups -OCH3 is 1. The molecule has 1 amide bonds. The Morgan fingerprint density at radius 1 is 1.18 bits per heavy atom. The predicted molar refractivity (Wildman–Crippen MR) is 83.4 cm³/mol. The van der Waals surface area contributed by atoms with E-state index >= 15 is 0 Å². The van der Waals surface area contributed by atoms with Gasteiger partial charge in [0.15, 0.2) is 0 Å². The van der Waals surface area contributed by atoms with Crippen LogP contribution in [0.4, 0.5) is 10.5 Å². The molecule has 0 unspecified atom stereocenters. The lowest BCUT2D eigenvalue weighted by Crippen LogP contribution is -2.37. The Hall–Kier alpha value is -2.24. The summed E-state index contributed by atoms with van der Waals surface area (Å²) in [6.45, 7) is 5.63. The van der Waals surface area contributed by atoms with Gasteiger partial charge in [0.2, 0.25) is 0 Å². The summed E-state index contributed by atoms with van der Waals surface area (Å²) in [5.74, 6) is -0.211. The normalized spacial score (nSPS) is 10.9.